The van der Waals surface area contributed by atoms with Gasteiger partial charge in [0, 0.05) is 0 Å². The topological polar surface area (TPSA) is 57.1 Å². The molecule has 0 spiro atoms. The van der Waals surface area contributed by atoms with E-state index in [9.17, 15) is 4.79 Å². The average Bonchev–Trinajstić information content (AvgIpc) is 2.97. The van der Waals surface area contributed by atoms with E-state index in [2.05, 4.69) is 4.99 Å². The quantitative estimate of drug-likeness (QED) is 0.510. The van der Waals surface area contributed by atoms with E-state index in [0.717, 1.165) is 0 Å². The Morgan fingerprint density at radius 1 is 1.15 bits per heavy atom. The van der Waals surface area contributed by atoms with Crippen molar-refractivity contribution in [3.8, 4) is 11.5 Å². The Morgan fingerprint density at radius 2 is 1.89 bits per heavy atom. The van der Waals surface area contributed by atoms with Gasteiger partial charge in [0.05, 0.1) is 28.8 Å². The van der Waals surface area contributed by atoms with Crippen LogP contribution >= 0.6 is 23.2 Å². The monoisotopic (exact) mass is 405 g/mol. The van der Waals surface area contributed by atoms with Crippen molar-refractivity contribution in [1.29, 1.82) is 0 Å². The van der Waals surface area contributed by atoms with Crippen molar-refractivity contribution in [3.63, 3.8) is 0 Å². The maximum absolute atomic E-state index is 12.2. The molecule has 140 valence electrons. The van der Waals surface area contributed by atoms with Crippen LogP contribution in [0.4, 0.5) is 0 Å². The summed E-state index contributed by atoms with van der Waals surface area (Å²) in [5.74, 6) is 0.507. The van der Waals surface area contributed by atoms with Crippen LogP contribution in [0.2, 0.25) is 10.0 Å². The molecule has 0 aliphatic carbocycles. The molecule has 1 heterocycles. The Bertz CT molecular complexity index is 951. The first-order valence-corrected chi connectivity index (χ1v) is 8.96. The molecule has 0 N–H and O–H groups in total. The number of nitrogens with zero attached hydrogens (tertiary/aromatic N) is 1. The normalized spacial score (nSPS) is 15.1. The molecule has 27 heavy (non-hydrogen) atoms. The van der Waals surface area contributed by atoms with E-state index in [1.165, 1.54) is 7.11 Å². The second-order valence-corrected chi connectivity index (χ2v) is 6.83. The molecular formula is C20H17Cl2NO4. The van der Waals surface area contributed by atoms with E-state index in [1.54, 1.807) is 42.5 Å². The van der Waals surface area contributed by atoms with Gasteiger partial charge in [0.1, 0.15) is 0 Å². The molecule has 2 aromatic rings. The van der Waals surface area contributed by atoms with Crippen LogP contribution in [0.5, 0.6) is 11.5 Å². The predicted molar refractivity (Wildman–Crippen MR) is 106 cm³/mol. The van der Waals surface area contributed by atoms with Crippen LogP contribution in [0.15, 0.2) is 47.1 Å². The van der Waals surface area contributed by atoms with Gasteiger partial charge in [-0.15, -0.1) is 0 Å². The van der Waals surface area contributed by atoms with Crippen molar-refractivity contribution >= 4 is 41.1 Å². The first-order chi connectivity index (χ1) is 12.9. The van der Waals surface area contributed by atoms with Crippen molar-refractivity contribution in [1.82, 2.24) is 0 Å². The van der Waals surface area contributed by atoms with E-state index in [1.807, 2.05) is 13.8 Å². The lowest BCUT2D eigenvalue weighted by atomic mass is 10.1. The van der Waals surface area contributed by atoms with Gasteiger partial charge in [0.15, 0.2) is 17.2 Å². The van der Waals surface area contributed by atoms with Crippen LogP contribution in [-0.4, -0.2) is 25.1 Å². The molecule has 0 fully saturated rings. The van der Waals surface area contributed by atoms with Crippen molar-refractivity contribution in [2.75, 3.05) is 7.11 Å². The van der Waals surface area contributed by atoms with Gasteiger partial charge in [-0.3, -0.25) is 0 Å². The number of hydrogen-bond donors (Lipinski definition) is 0. The Kier molecular flexibility index (Phi) is 5.73. The Hall–Kier alpha value is -2.50. The molecule has 0 amide bonds. The number of aliphatic imine (C=N–C) groups is 1. The van der Waals surface area contributed by atoms with Crippen LogP contribution in [0.3, 0.4) is 0 Å². The van der Waals surface area contributed by atoms with E-state index in [0.29, 0.717) is 32.7 Å². The number of hydrogen-bond acceptors (Lipinski definition) is 5. The van der Waals surface area contributed by atoms with Crippen LogP contribution in [-0.2, 0) is 9.53 Å². The summed E-state index contributed by atoms with van der Waals surface area (Å²) in [5, 5.41) is 0.821. The third-order valence-corrected chi connectivity index (χ3v) is 4.24. The zero-order valence-corrected chi connectivity index (χ0v) is 16.5. The molecule has 2 aromatic carbocycles. The Balaban J connectivity index is 1.98. The van der Waals surface area contributed by atoms with Crippen molar-refractivity contribution in [2.45, 2.75) is 20.0 Å². The maximum atomic E-state index is 12.2. The minimum Gasteiger partial charge on any atom is -0.493 e. The highest BCUT2D eigenvalue weighted by Gasteiger charge is 2.25. The smallest absolute Gasteiger partial charge is 0.363 e. The summed E-state index contributed by atoms with van der Waals surface area (Å²) in [6, 6.07) is 10.4. The summed E-state index contributed by atoms with van der Waals surface area (Å²) in [6.45, 7) is 3.79. The highest BCUT2D eigenvalue weighted by Crippen LogP contribution is 2.38. The van der Waals surface area contributed by atoms with Crippen LogP contribution in [0.1, 0.15) is 25.0 Å². The fourth-order valence-corrected chi connectivity index (χ4v) is 2.97. The van der Waals surface area contributed by atoms with E-state index in [4.69, 9.17) is 37.4 Å². The summed E-state index contributed by atoms with van der Waals surface area (Å²) in [4.78, 5) is 16.4. The van der Waals surface area contributed by atoms with Gasteiger partial charge in [-0.1, -0.05) is 35.3 Å². The van der Waals surface area contributed by atoms with Gasteiger partial charge < -0.3 is 14.2 Å². The number of methoxy groups -OCH3 is 1. The molecule has 1 aliphatic heterocycles. The zero-order chi connectivity index (χ0) is 19.6. The predicted octanol–water partition coefficient (Wildman–Crippen LogP) is 5.13. The molecule has 0 bridgehead atoms. The molecule has 0 aromatic heterocycles. The lowest BCUT2D eigenvalue weighted by molar-refractivity contribution is -0.129. The number of halogens is 2. The fourth-order valence-electron chi connectivity index (χ4n) is 2.49. The van der Waals surface area contributed by atoms with E-state index >= 15 is 0 Å². The number of esters is 1. The van der Waals surface area contributed by atoms with Crippen molar-refractivity contribution in [2.24, 2.45) is 4.99 Å². The molecule has 0 atom stereocenters. The average molecular weight is 406 g/mol. The number of carbonyl (C=O) groups excluding carboxylic acids is 1. The van der Waals surface area contributed by atoms with Gasteiger partial charge in [0.2, 0.25) is 5.90 Å². The fraction of sp³-hybridized carbons (Fsp3) is 0.200. The van der Waals surface area contributed by atoms with Crippen molar-refractivity contribution in [3.05, 3.63) is 63.3 Å². The Labute approximate surface area is 167 Å². The lowest BCUT2D eigenvalue weighted by Gasteiger charge is -2.15. The van der Waals surface area contributed by atoms with Crippen LogP contribution in [0, 0.1) is 0 Å². The molecule has 3 rings (SSSR count). The second-order valence-electron chi connectivity index (χ2n) is 6.02. The number of cyclic esters (lactones) is 1. The molecule has 0 saturated carbocycles. The van der Waals surface area contributed by atoms with E-state index < -0.39 is 5.97 Å². The summed E-state index contributed by atoms with van der Waals surface area (Å²) >= 11 is 12.5. The first-order valence-electron chi connectivity index (χ1n) is 8.20. The third kappa shape index (κ3) is 4.26. The summed E-state index contributed by atoms with van der Waals surface area (Å²) in [6.07, 6.45) is 1.51. The standard InChI is InChI=1S/C20H17Cl2NO4/c1-11(2)26-18-15(22)8-12(10-17(18)25-3)9-16-20(24)27-19(23-16)13-6-4-5-7-14(13)21/h4-11H,1-3H3/b16-9-. The molecule has 7 heteroatoms. The molecule has 5 nitrogen and oxygen atoms in total. The van der Waals surface area contributed by atoms with E-state index in [-0.39, 0.29) is 17.7 Å². The van der Waals surface area contributed by atoms with Gasteiger partial charge in [-0.2, -0.15) is 0 Å². The second kappa shape index (κ2) is 8.03. The van der Waals surface area contributed by atoms with Crippen LogP contribution < -0.4 is 9.47 Å². The summed E-state index contributed by atoms with van der Waals surface area (Å²) in [5.41, 5.74) is 1.32. The highest BCUT2D eigenvalue weighted by atomic mass is 35.5. The SMILES string of the molecule is COc1cc(/C=C2\N=C(c3ccccc3Cl)OC2=O)cc(Cl)c1OC(C)C. The largest absolute Gasteiger partial charge is 0.493 e. The number of carbonyl (C=O) groups is 1. The molecular weight excluding hydrogens is 389 g/mol. The third-order valence-electron chi connectivity index (χ3n) is 3.63. The zero-order valence-electron chi connectivity index (χ0n) is 15.0. The minimum atomic E-state index is -0.567. The highest BCUT2D eigenvalue weighted by molar-refractivity contribution is 6.34. The number of rotatable bonds is 5. The van der Waals surface area contributed by atoms with Gasteiger partial charge in [-0.05, 0) is 49.8 Å². The van der Waals surface area contributed by atoms with Crippen LogP contribution in [0.25, 0.3) is 6.08 Å². The van der Waals surface area contributed by atoms with Gasteiger partial charge >= 0.3 is 5.97 Å². The first kappa shape index (κ1) is 19.3. The molecule has 0 radical (unpaired) electrons. The molecule has 0 unspecified atom stereocenters. The van der Waals surface area contributed by atoms with Gasteiger partial charge in [0.25, 0.3) is 0 Å². The lowest BCUT2D eigenvalue weighted by Crippen LogP contribution is -2.07. The minimum absolute atomic E-state index is 0.0619. The van der Waals surface area contributed by atoms with Crippen molar-refractivity contribution < 1.29 is 19.0 Å². The number of benzene rings is 2. The maximum Gasteiger partial charge on any atom is 0.363 e. The number of ether oxygens (including phenoxy) is 3. The summed E-state index contributed by atoms with van der Waals surface area (Å²) < 4.78 is 16.3. The Morgan fingerprint density at radius 3 is 2.56 bits per heavy atom. The summed E-state index contributed by atoms with van der Waals surface area (Å²) in [7, 11) is 1.52. The molecule has 0 saturated heterocycles. The van der Waals surface area contributed by atoms with Gasteiger partial charge in [-0.25, -0.2) is 9.79 Å². The molecule has 1 aliphatic rings.